The van der Waals surface area contributed by atoms with Crippen molar-refractivity contribution in [3.8, 4) is 11.5 Å². The molecule has 0 spiro atoms. The number of carboxylic acid groups (broad SMARTS) is 1. The van der Waals surface area contributed by atoms with Gasteiger partial charge in [0.15, 0.2) is 18.1 Å². The van der Waals surface area contributed by atoms with Gasteiger partial charge >= 0.3 is 5.97 Å². The van der Waals surface area contributed by atoms with Crippen LogP contribution in [-0.2, 0) is 9.53 Å². The normalized spacial score (nSPS) is 16.2. The van der Waals surface area contributed by atoms with Crippen LogP contribution in [0.25, 0.3) is 0 Å². The number of aliphatic carboxylic acids is 1. The molecule has 1 aromatic rings. The molecule has 132 valence electrons. The first kappa shape index (κ1) is 18.1. The van der Waals surface area contributed by atoms with Crippen LogP contribution in [0.2, 0.25) is 0 Å². The number of rotatable bonds is 7. The summed E-state index contributed by atoms with van der Waals surface area (Å²) in [5.74, 6) is -0.631. The number of hydrogen-bond donors (Lipinski definition) is 2. The van der Waals surface area contributed by atoms with Crippen LogP contribution in [0.1, 0.15) is 37.0 Å². The first-order valence-electron chi connectivity index (χ1n) is 7.95. The topological polar surface area (TPSA) is 94.1 Å². The molecule has 2 N–H and O–H groups in total. The van der Waals surface area contributed by atoms with Crippen LogP contribution in [-0.4, -0.2) is 48.9 Å². The van der Waals surface area contributed by atoms with Crippen LogP contribution in [0.15, 0.2) is 18.2 Å². The number of amides is 1. The predicted octanol–water partition coefficient (Wildman–Crippen LogP) is 1.85. The van der Waals surface area contributed by atoms with Crippen LogP contribution in [0.3, 0.4) is 0 Å². The Kier molecular flexibility index (Phi) is 6.03. The number of benzene rings is 1. The molecule has 0 aromatic heterocycles. The van der Waals surface area contributed by atoms with E-state index in [2.05, 4.69) is 5.32 Å². The molecule has 0 bridgehead atoms. The van der Waals surface area contributed by atoms with E-state index in [9.17, 15) is 9.59 Å². The maximum atomic E-state index is 12.5. The quantitative estimate of drug-likeness (QED) is 0.788. The zero-order valence-electron chi connectivity index (χ0n) is 14.0. The van der Waals surface area contributed by atoms with Crippen molar-refractivity contribution >= 4 is 11.9 Å². The highest BCUT2D eigenvalue weighted by atomic mass is 16.5. The number of carbonyl (C=O) groups excluding carboxylic acids is 1. The lowest BCUT2D eigenvalue weighted by molar-refractivity contribution is -0.139. The molecule has 0 unspecified atom stereocenters. The molecule has 0 atom stereocenters. The van der Waals surface area contributed by atoms with Crippen molar-refractivity contribution in [3.63, 3.8) is 0 Å². The standard InChI is InChI=1S/C17H23NO6/c1-3-23-14-10-12(4-5-13(14)24-11-15(19)20)16(21)18-17(2)6-8-22-9-7-17/h4-5,10H,3,6-9,11H2,1-2H3,(H,18,21)(H,19,20). The van der Waals surface area contributed by atoms with Crippen molar-refractivity contribution < 1.29 is 28.9 Å². The Bertz CT molecular complexity index is 595. The van der Waals surface area contributed by atoms with Gasteiger partial charge in [-0.15, -0.1) is 0 Å². The molecule has 2 rings (SSSR count). The Labute approximate surface area is 140 Å². The van der Waals surface area contributed by atoms with E-state index in [1.165, 1.54) is 0 Å². The van der Waals surface area contributed by atoms with Crippen LogP contribution in [0.4, 0.5) is 0 Å². The van der Waals surface area contributed by atoms with E-state index in [1.54, 1.807) is 25.1 Å². The molecule has 1 heterocycles. The molecule has 1 aromatic carbocycles. The summed E-state index contributed by atoms with van der Waals surface area (Å²) in [7, 11) is 0. The van der Waals surface area contributed by atoms with Gasteiger partial charge in [0.25, 0.3) is 5.91 Å². The van der Waals surface area contributed by atoms with E-state index < -0.39 is 12.6 Å². The van der Waals surface area contributed by atoms with Crippen LogP contribution >= 0.6 is 0 Å². The van der Waals surface area contributed by atoms with Gasteiger partial charge in [-0.05, 0) is 44.9 Å². The smallest absolute Gasteiger partial charge is 0.341 e. The summed E-state index contributed by atoms with van der Waals surface area (Å²) in [5.41, 5.74) is 0.147. The molecule has 1 amide bonds. The van der Waals surface area contributed by atoms with Crippen molar-refractivity contribution in [3.05, 3.63) is 23.8 Å². The fourth-order valence-electron chi connectivity index (χ4n) is 2.47. The van der Waals surface area contributed by atoms with Gasteiger partial charge in [0, 0.05) is 24.3 Å². The van der Waals surface area contributed by atoms with Gasteiger partial charge in [-0.25, -0.2) is 4.79 Å². The zero-order valence-corrected chi connectivity index (χ0v) is 14.0. The molecular weight excluding hydrogens is 314 g/mol. The van der Waals surface area contributed by atoms with Gasteiger partial charge < -0.3 is 24.6 Å². The first-order chi connectivity index (χ1) is 11.4. The Hall–Kier alpha value is -2.28. The Morgan fingerprint density at radius 2 is 1.96 bits per heavy atom. The van der Waals surface area contributed by atoms with Gasteiger partial charge in [0.2, 0.25) is 0 Å². The minimum absolute atomic E-state index is 0.204. The summed E-state index contributed by atoms with van der Waals surface area (Å²) in [6, 6.07) is 4.71. The third-order valence-corrected chi connectivity index (χ3v) is 3.87. The minimum atomic E-state index is -1.08. The number of carbonyl (C=O) groups is 2. The van der Waals surface area contributed by atoms with E-state index in [0.717, 1.165) is 12.8 Å². The summed E-state index contributed by atoms with van der Waals surface area (Å²) in [6.45, 7) is 4.97. The second kappa shape index (κ2) is 8.01. The average molecular weight is 337 g/mol. The maximum absolute atomic E-state index is 12.5. The van der Waals surface area contributed by atoms with Gasteiger partial charge in [0.05, 0.1) is 6.61 Å². The summed E-state index contributed by atoms with van der Waals surface area (Å²) >= 11 is 0. The van der Waals surface area contributed by atoms with Gasteiger partial charge in [-0.3, -0.25) is 4.79 Å². The van der Waals surface area contributed by atoms with E-state index in [0.29, 0.717) is 36.9 Å². The highest BCUT2D eigenvalue weighted by Gasteiger charge is 2.29. The molecule has 0 aliphatic carbocycles. The molecule has 1 aliphatic rings. The van der Waals surface area contributed by atoms with Crippen molar-refractivity contribution in [2.24, 2.45) is 0 Å². The third-order valence-electron chi connectivity index (χ3n) is 3.87. The first-order valence-corrected chi connectivity index (χ1v) is 7.95. The number of nitrogens with one attached hydrogen (secondary N) is 1. The zero-order chi connectivity index (χ0) is 17.6. The SMILES string of the molecule is CCOc1cc(C(=O)NC2(C)CCOCC2)ccc1OCC(=O)O. The summed E-state index contributed by atoms with van der Waals surface area (Å²) < 4.78 is 16.0. The second-order valence-electron chi connectivity index (χ2n) is 5.90. The lowest BCUT2D eigenvalue weighted by Gasteiger charge is -2.34. The van der Waals surface area contributed by atoms with Crippen molar-refractivity contribution in [1.29, 1.82) is 0 Å². The Morgan fingerprint density at radius 1 is 1.25 bits per heavy atom. The van der Waals surface area contributed by atoms with E-state index in [4.69, 9.17) is 19.3 Å². The molecule has 1 saturated heterocycles. The van der Waals surface area contributed by atoms with Crippen LogP contribution < -0.4 is 14.8 Å². The van der Waals surface area contributed by atoms with Crippen molar-refractivity contribution in [1.82, 2.24) is 5.32 Å². The van der Waals surface area contributed by atoms with Crippen LogP contribution in [0.5, 0.6) is 11.5 Å². The molecule has 7 nitrogen and oxygen atoms in total. The summed E-state index contributed by atoms with van der Waals surface area (Å²) in [5, 5.41) is 11.8. The molecule has 1 fully saturated rings. The van der Waals surface area contributed by atoms with Gasteiger partial charge in [-0.2, -0.15) is 0 Å². The van der Waals surface area contributed by atoms with E-state index in [-0.39, 0.29) is 11.4 Å². The van der Waals surface area contributed by atoms with Gasteiger partial charge in [0.1, 0.15) is 0 Å². The number of ether oxygens (including phenoxy) is 3. The fourth-order valence-corrected chi connectivity index (χ4v) is 2.47. The van der Waals surface area contributed by atoms with Crippen molar-refractivity contribution in [2.75, 3.05) is 26.4 Å². The molecule has 0 radical (unpaired) electrons. The van der Waals surface area contributed by atoms with Gasteiger partial charge in [-0.1, -0.05) is 0 Å². The van der Waals surface area contributed by atoms with Crippen molar-refractivity contribution in [2.45, 2.75) is 32.2 Å². The predicted molar refractivity (Wildman–Crippen MR) is 86.7 cm³/mol. The maximum Gasteiger partial charge on any atom is 0.341 e. The second-order valence-corrected chi connectivity index (χ2v) is 5.90. The lowest BCUT2D eigenvalue weighted by atomic mass is 9.92. The van der Waals surface area contributed by atoms with E-state index in [1.807, 2.05) is 6.92 Å². The van der Waals surface area contributed by atoms with Crippen LogP contribution in [0, 0.1) is 0 Å². The average Bonchev–Trinajstić information content (AvgIpc) is 2.54. The molecule has 7 heteroatoms. The fraction of sp³-hybridized carbons (Fsp3) is 0.529. The Morgan fingerprint density at radius 3 is 2.58 bits per heavy atom. The monoisotopic (exact) mass is 337 g/mol. The largest absolute Gasteiger partial charge is 0.490 e. The number of hydrogen-bond acceptors (Lipinski definition) is 5. The lowest BCUT2D eigenvalue weighted by Crippen LogP contribution is -2.49. The highest BCUT2D eigenvalue weighted by Crippen LogP contribution is 2.29. The summed E-state index contributed by atoms with van der Waals surface area (Å²) in [4.78, 5) is 23.1. The van der Waals surface area contributed by atoms with E-state index >= 15 is 0 Å². The Balaban J connectivity index is 2.12. The molecule has 0 saturated carbocycles. The number of carboxylic acids is 1. The third kappa shape index (κ3) is 4.86. The highest BCUT2D eigenvalue weighted by molar-refractivity contribution is 5.95. The summed E-state index contributed by atoms with van der Waals surface area (Å²) in [6.07, 6.45) is 1.52. The molecule has 24 heavy (non-hydrogen) atoms. The molecule has 1 aliphatic heterocycles. The minimum Gasteiger partial charge on any atom is -0.490 e. The molecular formula is C17H23NO6.